The van der Waals surface area contributed by atoms with Crippen LogP contribution in [0.3, 0.4) is 0 Å². The van der Waals surface area contributed by atoms with E-state index in [1.165, 1.54) is 44.1 Å². The predicted molar refractivity (Wildman–Crippen MR) is 103 cm³/mol. The topological polar surface area (TPSA) is 18.5 Å². The normalized spacial score (nSPS) is 13.8. The minimum absolute atomic E-state index is 0. The Hall–Kier alpha value is 0.305. The molecule has 1 unspecified atom stereocenters. The quantitative estimate of drug-likeness (QED) is 0.196. The van der Waals surface area contributed by atoms with Crippen molar-refractivity contribution in [3.05, 3.63) is 46.1 Å². The van der Waals surface area contributed by atoms with E-state index in [4.69, 9.17) is 8.85 Å². The van der Waals surface area contributed by atoms with Crippen LogP contribution >= 0.6 is 0 Å². The second-order valence-corrected chi connectivity index (χ2v) is 8.96. The summed E-state index contributed by atoms with van der Waals surface area (Å²) in [5.41, 5.74) is 1.73. The Morgan fingerprint density at radius 2 is 1.65 bits per heavy atom. The Morgan fingerprint density at radius 1 is 1.09 bits per heavy atom. The third kappa shape index (κ3) is 10.0. The molecule has 0 radical (unpaired) electrons. The molecule has 140 valence electrons. The third-order valence-electron chi connectivity index (χ3n) is 4.14. The van der Waals surface area contributed by atoms with E-state index < -0.39 is 8.56 Å². The van der Waals surface area contributed by atoms with Crippen LogP contribution in [0.15, 0.2) is 17.7 Å². The molecule has 1 atom stereocenters. The van der Waals surface area contributed by atoms with E-state index in [1.807, 2.05) is 0 Å². The number of allylic oxidation sites excluding steroid dienone is 4. The molecule has 0 spiro atoms. The predicted octanol–water partition coefficient (Wildman–Crippen LogP) is 6.12. The van der Waals surface area contributed by atoms with Gasteiger partial charge < -0.3 is 31.1 Å². The fraction of sp³-hybridized carbons (Fsp3) is 0.632. The van der Waals surface area contributed by atoms with Crippen LogP contribution in [-0.2, 0) is 29.9 Å². The Labute approximate surface area is 162 Å². The number of unbranched alkanes of at least 4 members (excludes halogenated alkanes) is 4. The SMILES string of the molecule is CCCCCCCC(C1=[C-]CC=C1)[Si](C)(OC)OC.[CH3-].[CH3-].[CH3-].[Pt+4]. The summed E-state index contributed by atoms with van der Waals surface area (Å²) in [6.07, 6.45) is 16.5. The molecule has 0 aromatic carbocycles. The fourth-order valence-electron chi connectivity index (χ4n) is 2.68. The van der Waals surface area contributed by atoms with E-state index in [9.17, 15) is 0 Å². The van der Waals surface area contributed by atoms with Gasteiger partial charge in [0.2, 0.25) is 0 Å². The fourth-order valence-corrected chi connectivity index (χ4v) is 4.91. The summed E-state index contributed by atoms with van der Waals surface area (Å²) in [6.45, 7) is 4.43. The molecule has 0 saturated heterocycles. The zero-order chi connectivity index (χ0) is 14.1. The van der Waals surface area contributed by atoms with E-state index >= 15 is 0 Å². The zero-order valence-electron chi connectivity index (χ0n) is 16.3. The van der Waals surface area contributed by atoms with Gasteiger partial charge in [-0.2, -0.15) is 6.08 Å². The van der Waals surface area contributed by atoms with Crippen LogP contribution in [0.4, 0.5) is 0 Å². The van der Waals surface area contributed by atoms with Gasteiger partial charge in [0.15, 0.2) is 0 Å². The minimum atomic E-state index is -2.11. The molecule has 0 aromatic rings. The molecule has 1 aliphatic rings. The van der Waals surface area contributed by atoms with Gasteiger partial charge in [-0.3, -0.25) is 6.08 Å². The van der Waals surface area contributed by atoms with Crippen LogP contribution in [0.2, 0.25) is 12.1 Å². The van der Waals surface area contributed by atoms with E-state index in [1.54, 1.807) is 14.2 Å². The summed E-state index contributed by atoms with van der Waals surface area (Å²) in [4.78, 5) is 0. The Bertz CT molecular complexity index is 312. The van der Waals surface area contributed by atoms with Gasteiger partial charge in [-0.25, -0.2) is 11.6 Å². The average molecular weight is 522 g/mol. The monoisotopic (exact) mass is 521 g/mol. The second-order valence-electron chi connectivity index (χ2n) is 5.42. The molecule has 1 aliphatic carbocycles. The van der Waals surface area contributed by atoms with Gasteiger partial charge in [0, 0.05) is 14.2 Å². The van der Waals surface area contributed by atoms with Gasteiger partial charge in [-0.05, 0) is 18.5 Å². The van der Waals surface area contributed by atoms with Crippen molar-refractivity contribution in [1.29, 1.82) is 0 Å². The first-order valence-corrected chi connectivity index (χ1v) is 9.95. The summed E-state index contributed by atoms with van der Waals surface area (Å²) >= 11 is 0. The summed E-state index contributed by atoms with van der Waals surface area (Å²) in [5, 5.41) is 0. The van der Waals surface area contributed by atoms with Crippen LogP contribution in [0, 0.1) is 28.4 Å². The van der Waals surface area contributed by atoms with Crippen LogP contribution in [0.25, 0.3) is 0 Å². The summed E-state index contributed by atoms with van der Waals surface area (Å²) in [7, 11) is 1.47. The van der Waals surface area contributed by atoms with Crippen LogP contribution < -0.4 is 0 Å². The number of hydrogen-bond acceptors (Lipinski definition) is 2. The van der Waals surface area contributed by atoms with Crippen molar-refractivity contribution in [2.24, 2.45) is 0 Å². The largest absolute Gasteiger partial charge is 4.00 e. The first-order chi connectivity index (χ1) is 9.18. The van der Waals surface area contributed by atoms with E-state index in [2.05, 4.69) is 31.7 Å². The molecule has 0 bridgehead atoms. The molecule has 0 fully saturated rings. The average Bonchev–Trinajstić information content (AvgIpc) is 2.95. The van der Waals surface area contributed by atoms with Gasteiger partial charge in [0.25, 0.3) is 0 Å². The molecule has 2 nitrogen and oxygen atoms in total. The van der Waals surface area contributed by atoms with Gasteiger partial charge in [0.05, 0.1) is 0 Å². The molecule has 0 aromatic heterocycles. The first kappa shape index (κ1) is 31.1. The van der Waals surface area contributed by atoms with Crippen molar-refractivity contribution in [3.63, 3.8) is 0 Å². The molecule has 4 heteroatoms. The van der Waals surface area contributed by atoms with Crippen molar-refractivity contribution < 1.29 is 29.9 Å². The first-order valence-electron chi connectivity index (χ1n) is 7.55. The van der Waals surface area contributed by atoms with Crippen LogP contribution in [0.1, 0.15) is 51.9 Å². The maximum Gasteiger partial charge on any atom is 4.00 e. The number of hydrogen-bond donors (Lipinski definition) is 0. The maximum atomic E-state index is 5.76. The van der Waals surface area contributed by atoms with Crippen molar-refractivity contribution in [2.45, 2.75) is 64.0 Å². The molecule has 0 aliphatic heterocycles. The van der Waals surface area contributed by atoms with Gasteiger partial charge in [0.1, 0.15) is 0 Å². The van der Waals surface area contributed by atoms with Gasteiger partial charge in [-0.15, -0.1) is 6.42 Å². The number of rotatable bonds is 10. The zero-order valence-corrected chi connectivity index (χ0v) is 19.6. The van der Waals surface area contributed by atoms with E-state index in [0.29, 0.717) is 5.54 Å². The summed E-state index contributed by atoms with van der Waals surface area (Å²) < 4.78 is 11.5. The smallest absolute Gasteiger partial charge is 0.397 e. The molecular weight excluding hydrogens is 483 g/mol. The Balaban J connectivity index is -0.000000451. The van der Waals surface area contributed by atoms with Crippen LogP contribution in [-0.4, -0.2) is 22.8 Å². The molecule has 1 rings (SSSR count). The molecule has 0 saturated carbocycles. The minimum Gasteiger partial charge on any atom is -0.397 e. The van der Waals surface area contributed by atoms with Crippen molar-refractivity contribution in [3.8, 4) is 0 Å². The molecule has 0 heterocycles. The Kier molecular flexibility index (Phi) is 23.2. The summed E-state index contributed by atoms with van der Waals surface area (Å²) in [5.74, 6) is 0. The van der Waals surface area contributed by atoms with E-state index in [0.717, 1.165) is 6.42 Å². The van der Waals surface area contributed by atoms with Crippen molar-refractivity contribution in [1.82, 2.24) is 0 Å². The summed E-state index contributed by atoms with van der Waals surface area (Å²) in [6, 6.07) is 0. The van der Waals surface area contributed by atoms with E-state index in [-0.39, 0.29) is 43.3 Å². The van der Waals surface area contributed by atoms with Crippen molar-refractivity contribution in [2.75, 3.05) is 14.2 Å². The molecule has 0 amide bonds. The molecule has 0 N–H and O–H groups in total. The van der Waals surface area contributed by atoms with Crippen molar-refractivity contribution >= 4 is 8.56 Å². The second kappa shape index (κ2) is 17.1. The van der Waals surface area contributed by atoms with Crippen LogP contribution in [0.5, 0.6) is 0 Å². The molecule has 23 heavy (non-hydrogen) atoms. The van der Waals surface area contributed by atoms with Gasteiger partial charge in [-0.1, -0.05) is 39.0 Å². The standard InChI is InChI=1S/C16H29O2Si.3CH3.Pt/c1-5-6-7-8-9-14-16(15-12-10-11-13-15)19(4,17-2)18-3;;;;/h10,12,16H,5-9,11,14H2,1-4H3;3*1H3;/q4*-1;+4. The maximum absolute atomic E-state index is 5.76. The van der Waals surface area contributed by atoms with Gasteiger partial charge >= 0.3 is 29.6 Å². The molecular formula is C19H38O2PtSi. The Morgan fingerprint density at radius 3 is 2.09 bits per heavy atom. The third-order valence-corrected chi connectivity index (χ3v) is 7.62.